The smallest absolute Gasteiger partial charge is 0.0727 e. The van der Waals surface area contributed by atoms with E-state index in [4.69, 9.17) is 4.98 Å². The Labute approximate surface area is 122 Å². The van der Waals surface area contributed by atoms with Gasteiger partial charge in [-0.15, -0.1) is 11.8 Å². The molecule has 98 valence electrons. The van der Waals surface area contributed by atoms with Crippen LogP contribution in [0.25, 0.3) is 10.9 Å². The summed E-state index contributed by atoms with van der Waals surface area (Å²) >= 11 is 1.90. The maximum absolute atomic E-state index is 4.80. The molecule has 0 fully saturated rings. The lowest BCUT2D eigenvalue weighted by molar-refractivity contribution is 1.05. The summed E-state index contributed by atoms with van der Waals surface area (Å²) in [5.74, 6) is 1.13. The molecule has 4 rings (SSSR count). The maximum atomic E-state index is 4.80. The minimum Gasteiger partial charge on any atom is -0.354 e. The van der Waals surface area contributed by atoms with Crippen LogP contribution in [0.1, 0.15) is 5.69 Å². The highest BCUT2D eigenvalue weighted by atomic mass is 32.2. The van der Waals surface area contributed by atoms with Crippen LogP contribution in [-0.4, -0.2) is 10.7 Å². The van der Waals surface area contributed by atoms with Crippen LogP contribution in [0.4, 0.5) is 11.4 Å². The van der Waals surface area contributed by atoms with Crippen molar-refractivity contribution in [3.8, 4) is 0 Å². The van der Waals surface area contributed by atoms with Crippen molar-refractivity contribution in [1.29, 1.82) is 0 Å². The molecular formula is C17H14N2S. The minimum atomic E-state index is 1.06. The van der Waals surface area contributed by atoms with Gasteiger partial charge in [-0.05, 0) is 18.2 Å². The number of thioether (sulfide) groups is 1. The van der Waals surface area contributed by atoms with Gasteiger partial charge in [0, 0.05) is 23.2 Å². The number of rotatable bonds is 2. The third-order valence-electron chi connectivity index (χ3n) is 3.55. The van der Waals surface area contributed by atoms with E-state index < -0.39 is 0 Å². The Hall–Kier alpha value is -2.00. The van der Waals surface area contributed by atoms with Crippen LogP contribution < -0.4 is 5.32 Å². The first kappa shape index (κ1) is 11.8. The molecular weight excluding hydrogens is 264 g/mol. The van der Waals surface area contributed by atoms with Crippen LogP contribution in [0.3, 0.4) is 0 Å². The SMILES string of the molecule is c1ccc(Nc2c3c(nc4ccccc24)CCS3)cc1. The number of hydrogen-bond acceptors (Lipinski definition) is 3. The van der Waals surface area contributed by atoms with Gasteiger partial charge in [-0.3, -0.25) is 4.98 Å². The highest BCUT2D eigenvalue weighted by molar-refractivity contribution is 7.99. The van der Waals surface area contributed by atoms with E-state index in [1.54, 1.807) is 0 Å². The molecule has 1 N–H and O–H groups in total. The molecule has 0 saturated carbocycles. The second kappa shape index (κ2) is 4.84. The van der Waals surface area contributed by atoms with Crippen LogP contribution in [0.2, 0.25) is 0 Å². The largest absolute Gasteiger partial charge is 0.354 e. The molecule has 0 saturated heterocycles. The molecule has 0 spiro atoms. The summed E-state index contributed by atoms with van der Waals surface area (Å²) in [6.45, 7) is 0. The Kier molecular flexibility index (Phi) is 2.85. The first-order valence-electron chi connectivity index (χ1n) is 6.78. The zero-order valence-corrected chi connectivity index (χ0v) is 11.8. The molecule has 0 amide bonds. The fraction of sp³-hybridized carbons (Fsp3) is 0.118. The van der Waals surface area contributed by atoms with Crippen LogP contribution in [0.15, 0.2) is 59.5 Å². The zero-order valence-electron chi connectivity index (χ0n) is 11.0. The molecule has 3 heteroatoms. The van der Waals surface area contributed by atoms with Crippen LogP contribution in [0.5, 0.6) is 0 Å². The Balaban J connectivity index is 1.92. The predicted octanol–water partition coefficient (Wildman–Crippen LogP) is 4.63. The predicted molar refractivity (Wildman–Crippen MR) is 85.9 cm³/mol. The van der Waals surface area contributed by atoms with E-state index in [9.17, 15) is 0 Å². The molecule has 2 heterocycles. The lowest BCUT2D eigenvalue weighted by Crippen LogP contribution is -1.97. The van der Waals surface area contributed by atoms with Gasteiger partial charge >= 0.3 is 0 Å². The Morgan fingerprint density at radius 3 is 2.65 bits per heavy atom. The number of nitrogens with one attached hydrogen (secondary N) is 1. The average Bonchev–Trinajstić information content (AvgIpc) is 2.96. The summed E-state index contributed by atoms with van der Waals surface area (Å²) in [5, 5.41) is 4.79. The minimum absolute atomic E-state index is 1.06. The van der Waals surface area contributed by atoms with Crippen molar-refractivity contribution in [2.24, 2.45) is 0 Å². The molecule has 0 aliphatic carbocycles. The van der Waals surface area contributed by atoms with E-state index in [-0.39, 0.29) is 0 Å². The first-order chi connectivity index (χ1) is 9.92. The monoisotopic (exact) mass is 278 g/mol. The van der Waals surface area contributed by atoms with Crippen molar-refractivity contribution in [2.45, 2.75) is 11.3 Å². The van der Waals surface area contributed by atoms with Gasteiger partial charge in [-0.1, -0.05) is 36.4 Å². The number of aryl methyl sites for hydroxylation is 1. The van der Waals surface area contributed by atoms with Crippen molar-refractivity contribution < 1.29 is 0 Å². The molecule has 20 heavy (non-hydrogen) atoms. The summed E-state index contributed by atoms with van der Waals surface area (Å²) in [7, 11) is 0. The van der Waals surface area contributed by atoms with Crippen molar-refractivity contribution >= 4 is 34.0 Å². The summed E-state index contributed by atoms with van der Waals surface area (Å²) in [5.41, 5.74) is 4.64. The zero-order chi connectivity index (χ0) is 13.4. The second-order valence-corrected chi connectivity index (χ2v) is 5.97. The molecule has 3 aromatic rings. The number of benzene rings is 2. The summed E-state index contributed by atoms with van der Waals surface area (Å²) < 4.78 is 0. The van der Waals surface area contributed by atoms with Crippen molar-refractivity contribution in [1.82, 2.24) is 4.98 Å². The van der Waals surface area contributed by atoms with Gasteiger partial charge < -0.3 is 5.32 Å². The number of aromatic nitrogens is 1. The van der Waals surface area contributed by atoms with Crippen molar-refractivity contribution in [3.63, 3.8) is 0 Å². The summed E-state index contributed by atoms with van der Waals surface area (Å²) in [4.78, 5) is 6.11. The quantitative estimate of drug-likeness (QED) is 0.740. The van der Waals surface area contributed by atoms with Gasteiger partial charge in [0.2, 0.25) is 0 Å². The second-order valence-electron chi connectivity index (χ2n) is 4.87. The number of anilines is 2. The highest BCUT2D eigenvalue weighted by Gasteiger charge is 2.20. The van der Waals surface area contributed by atoms with Crippen LogP contribution in [0, 0.1) is 0 Å². The number of nitrogens with zero attached hydrogens (tertiary/aromatic N) is 1. The maximum Gasteiger partial charge on any atom is 0.0727 e. The molecule has 1 aliphatic heterocycles. The van der Waals surface area contributed by atoms with Crippen LogP contribution in [-0.2, 0) is 6.42 Å². The van der Waals surface area contributed by atoms with Gasteiger partial charge in [0.15, 0.2) is 0 Å². The molecule has 0 atom stereocenters. The molecule has 2 nitrogen and oxygen atoms in total. The molecule has 2 aromatic carbocycles. The molecule has 0 radical (unpaired) electrons. The van der Waals surface area contributed by atoms with E-state index in [1.807, 2.05) is 17.8 Å². The van der Waals surface area contributed by atoms with Gasteiger partial charge in [-0.25, -0.2) is 0 Å². The lowest BCUT2D eigenvalue weighted by Gasteiger charge is -2.14. The van der Waals surface area contributed by atoms with Gasteiger partial charge in [0.1, 0.15) is 0 Å². The average molecular weight is 278 g/mol. The van der Waals surface area contributed by atoms with E-state index >= 15 is 0 Å². The van der Waals surface area contributed by atoms with Crippen molar-refractivity contribution in [3.05, 3.63) is 60.3 Å². The fourth-order valence-corrected chi connectivity index (χ4v) is 3.73. The van der Waals surface area contributed by atoms with Gasteiger partial charge in [-0.2, -0.15) is 0 Å². The molecule has 0 unspecified atom stereocenters. The van der Waals surface area contributed by atoms with Crippen molar-refractivity contribution in [2.75, 3.05) is 11.1 Å². The van der Waals surface area contributed by atoms with Gasteiger partial charge in [0.05, 0.1) is 21.8 Å². The third-order valence-corrected chi connectivity index (χ3v) is 4.68. The summed E-state index contributed by atoms with van der Waals surface area (Å²) in [6, 6.07) is 18.7. The highest BCUT2D eigenvalue weighted by Crippen LogP contribution is 2.41. The first-order valence-corrected chi connectivity index (χ1v) is 7.77. The lowest BCUT2D eigenvalue weighted by atomic mass is 10.1. The number of pyridine rings is 1. The summed E-state index contributed by atoms with van der Waals surface area (Å²) in [6.07, 6.45) is 1.06. The van der Waals surface area contributed by atoms with E-state index in [2.05, 4.69) is 53.8 Å². The van der Waals surface area contributed by atoms with E-state index in [1.165, 1.54) is 21.7 Å². The van der Waals surface area contributed by atoms with Crippen LogP contribution >= 0.6 is 11.8 Å². The molecule has 1 aliphatic rings. The molecule has 1 aromatic heterocycles. The topological polar surface area (TPSA) is 24.9 Å². The number of fused-ring (bicyclic) bond motifs is 2. The standard InChI is InChI=1S/C17H14N2S/c1-2-6-12(7-3-1)18-16-13-8-4-5-9-14(13)19-15-10-11-20-17(15)16/h1-9H,10-11H2,(H,18,19). The number of para-hydroxylation sites is 2. The Morgan fingerprint density at radius 2 is 1.75 bits per heavy atom. The fourth-order valence-electron chi connectivity index (χ4n) is 2.61. The van der Waals surface area contributed by atoms with Gasteiger partial charge in [0.25, 0.3) is 0 Å². The third kappa shape index (κ3) is 1.95. The normalized spacial score (nSPS) is 13.4. The molecule has 0 bridgehead atoms. The van der Waals surface area contributed by atoms with E-state index in [0.29, 0.717) is 0 Å². The van der Waals surface area contributed by atoms with E-state index in [0.717, 1.165) is 23.4 Å². The number of hydrogen-bond donors (Lipinski definition) is 1. The Bertz CT molecular complexity index is 769. The Morgan fingerprint density at radius 1 is 0.950 bits per heavy atom.